The van der Waals surface area contributed by atoms with Gasteiger partial charge in [0.25, 0.3) is 5.91 Å². The van der Waals surface area contributed by atoms with Crippen molar-refractivity contribution >= 4 is 23.0 Å². The van der Waals surface area contributed by atoms with Gasteiger partial charge in [0.2, 0.25) is 0 Å². The Labute approximate surface area is 167 Å². The molecule has 29 heavy (non-hydrogen) atoms. The molecule has 0 spiro atoms. The predicted octanol–water partition coefficient (Wildman–Crippen LogP) is 4.07. The normalized spacial score (nSPS) is 14.0. The van der Waals surface area contributed by atoms with Crippen LogP contribution in [-0.2, 0) is 0 Å². The Hall–Kier alpha value is -3.48. The van der Waals surface area contributed by atoms with Crippen molar-refractivity contribution < 1.29 is 13.6 Å². The van der Waals surface area contributed by atoms with Crippen LogP contribution in [0, 0.1) is 11.6 Å². The monoisotopic (exact) mass is 394 g/mol. The summed E-state index contributed by atoms with van der Waals surface area (Å²) in [5.41, 5.74) is 2.15. The maximum Gasteiger partial charge on any atom is 0.255 e. The smallest absolute Gasteiger partial charge is 0.255 e. The summed E-state index contributed by atoms with van der Waals surface area (Å²) < 4.78 is 26.9. The van der Waals surface area contributed by atoms with E-state index in [1.165, 1.54) is 24.5 Å². The zero-order valence-corrected chi connectivity index (χ0v) is 15.7. The lowest BCUT2D eigenvalue weighted by Gasteiger charge is -2.36. The van der Waals surface area contributed by atoms with Gasteiger partial charge in [-0.2, -0.15) is 0 Å². The lowest BCUT2D eigenvalue weighted by atomic mass is 10.2. The van der Waals surface area contributed by atoms with Gasteiger partial charge in [-0.3, -0.25) is 9.78 Å². The number of aromatic nitrogens is 1. The second-order valence-electron chi connectivity index (χ2n) is 6.83. The molecule has 1 aliphatic rings. The summed E-state index contributed by atoms with van der Waals surface area (Å²) in [6, 6.07) is 15.0. The van der Waals surface area contributed by atoms with Gasteiger partial charge >= 0.3 is 0 Å². The van der Waals surface area contributed by atoms with E-state index >= 15 is 0 Å². The molecule has 0 atom stereocenters. The van der Waals surface area contributed by atoms with Crippen molar-refractivity contribution in [3.05, 3.63) is 84.2 Å². The van der Waals surface area contributed by atoms with Crippen LogP contribution < -0.4 is 10.2 Å². The molecule has 1 fully saturated rings. The first-order valence-corrected chi connectivity index (χ1v) is 9.36. The average molecular weight is 394 g/mol. The number of anilines is 3. The number of nitrogens with one attached hydrogen (secondary N) is 1. The highest BCUT2D eigenvalue weighted by Gasteiger charge is 2.22. The minimum Gasteiger partial charge on any atom is -0.368 e. The number of rotatable bonds is 4. The van der Waals surface area contributed by atoms with Crippen LogP contribution in [-0.4, -0.2) is 42.0 Å². The van der Waals surface area contributed by atoms with Gasteiger partial charge in [0, 0.05) is 44.1 Å². The third-order valence-corrected chi connectivity index (χ3v) is 4.88. The summed E-state index contributed by atoms with van der Waals surface area (Å²) in [5, 5.41) is 2.84. The molecule has 3 aromatic rings. The lowest BCUT2D eigenvalue weighted by molar-refractivity contribution is 0.0746. The predicted molar refractivity (Wildman–Crippen MR) is 108 cm³/mol. The molecule has 0 aliphatic carbocycles. The van der Waals surface area contributed by atoms with E-state index in [1.807, 2.05) is 18.2 Å². The van der Waals surface area contributed by atoms with E-state index in [0.717, 1.165) is 24.8 Å². The number of carbonyl (C=O) groups is 1. The first-order valence-electron chi connectivity index (χ1n) is 9.36. The Morgan fingerprint density at radius 3 is 2.41 bits per heavy atom. The fourth-order valence-electron chi connectivity index (χ4n) is 3.36. The number of benzene rings is 2. The maximum atomic E-state index is 13.9. The molecule has 7 heteroatoms. The largest absolute Gasteiger partial charge is 0.368 e. The molecule has 0 radical (unpaired) electrons. The molecule has 1 aliphatic heterocycles. The van der Waals surface area contributed by atoms with Crippen molar-refractivity contribution in [2.24, 2.45) is 0 Å². The second kappa shape index (κ2) is 8.26. The number of nitrogens with zero attached hydrogens (tertiary/aromatic N) is 3. The zero-order chi connectivity index (χ0) is 20.2. The summed E-state index contributed by atoms with van der Waals surface area (Å²) in [7, 11) is 0. The van der Waals surface area contributed by atoms with Crippen molar-refractivity contribution in [2.45, 2.75) is 0 Å². The number of halogens is 2. The van der Waals surface area contributed by atoms with Gasteiger partial charge in [0.1, 0.15) is 11.6 Å². The van der Waals surface area contributed by atoms with Gasteiger partial charge in [-0.25, -0.2) is 8.78 Å². The summed E-state index contributed by atoms with van der Waals surface area (Å²) in [6.07, 6.45) is 2.99. The van der Waals surface area contributed by atoms with Crippen molar-refractivity contribution in [1.29, 1.82) is 0 Å². The van der Waals surface area contributed by atoms with Crippen LogP contribution in [0.15, 0.2) is 67.0 Å². The lowest BCUT2D eigenvalue weighted by Crippen LogP contribution is -2.48. The zero-order valence-electron chi connectivity index (χ0n) is 15.7. The average Bonchev–Trinajstić information content (AvgIpc) is 2.76. The molecular formula is C22H20F2N4O. The number of piperazine rings is 1. The molecule has 1 amide bonds. The van der Waals surface area contributed by atoms with Crippen LogP contribution in [0.1, 0.15) is 10.4 Å². The van der Waals surface area contributed by atoms with Gasteiger partial charge < -0.3 is 15.1 Å². The number of para-hydroxylation sites is 1. The molecule has 0 saturated carbocycles. The number of hydrogen-bond acceptors (Lipinski definition) is 4. The molecular weight excluding hydrogens is 374 g/mol. The van der Waals surface area contributed by atoms with Crippen LogP contribution in [0.25, 0.3) is 0 Å². The Morgan fingerprint density at radius 1 is 0.931 bits per heavy atom. The second-order valence-corrected chi connectivity index (χ2v) is 6.83. The molecule has 0 unspecified atom stereocenters. The van der Waals surface area contributed by atoms with Crippen molar-refractivity contribution in [1.82, 2.24) is 9.88 Å². The van der Waals surface area contributed by atoms with E-state index < -0.39 is 11.6 Å². The molecule has 2 heterocycles. The van der Waals surface area contributed by atoms with Crippen molar-refractivity contribution in [3.63, 3.8) is 0 Å². The van der Waals surface area contributed by atoms with Gasteiger partial charge in [-0.05, 0) is 30.3 Å². The van der Waals surface area contributed by atoms with Crippen LogP contribution in [0.4, 0.5) is 25.8 Å². The fourth-order valence-corrected chi connectivity index (χ4v) is 3.36. The molecule has 148 valence electrons. The molecule has 2 aromatic carbocycles. The molecule has 5 nitrogen and oxygen atoms in total. The molecule has 1 saturated heterocycles. The summed E-state index contributed by atoms with van der Waals surface area (Å²) >= 11 is 0. The molecule has 0 bridgehead atoms. The Bertz CT molecular complexity index is 1000. The fraction of sp³-hybridized carbons (Fsp3) is 0.182. The molecule has 1 N–H and O–H groups in total. The SMILES string of the molecule is O=C(c1cncc(Nc2ccc(F)cc2F)c1)N1CCN(c2ccccc2)CC1. The van der Waals surface area contributed by atoms with Crippen LogP contribution in [0.3, 0.4) is 0 Å². The maximum absolute atomic E-state index is 13.9. The Morgan fingerprint density at radius 2 is 1.69 bits per heavy atom. The van der Waals surface area contributed by atoms with Crippen molar-refractivity contribution in [2.75, 3.05) is 36.4 Å². The van der Waals surface area contributed by atoms with E-state index in [2.05, 4.69) is 27.3 Å². The molecule has 1 aromatic heterocycles. The summed E-state index contributed by atoms with van der Waals surface area (Å²) in [4.78, 5) is 21.0. The molecule has 4 rings (SSSR count). The number of amides is 1. The highest BCUT2D eigenvalue weighted by molar-refractivity contribution is 5.95. The third-order valence-electron chi connectivity index (χ3n) is 4.88. The van der Waals surface area contributed by atoms with Gasteiger partial charge in [0.15, 0.2) is 0 Å². The van der Waals surface area contributed by atoms with Gasteiger partial charge in [0.05, 0.1) is 23.1 Å². The topological polar surface area (TPSA) is 48.5 Å². The minimum absolute atomic E-state index is 0.117. The van der Waals surface area contributed by atoms with E-state index in [9.17, 15) is 13.6 Å². The number of carbonyl (C=O) groups excluding carboxylic acids is 1. The quantitative estimate of drug-likeness (QED) is 0.725. The Balaban J connectivity index is 1.42. The first-order chi connectivity index (χ1) is 14.1. The highest BCUT2D eigenvalue weighted by atomic mass is 19.1. The van der Waals surface area contributed by atoms with Crippen molar-refractivity contribution in [3.8, 4) is 0 Å². The minimum atomic E-state index is -0.709. The van der Waals surface area contributed by atoms with E-state index in [4.69, 9.17) is 0 Å². The summed E-state index contributed by atoms with van der Waals surface area (Å²) in [5.74, 6) is -1.48. The van der Waals surface area contributed by atoms with E-state index in [1.54, 1.807) is 11.0 Å². The highest BCUT2D eigenvalue weighted by Crippen LogP contribution is 2.22. The van der Waals surface area contributed by atoms with E-state index in [0.29, 0.717) is 24.3 Å². The van der Waals surface area contributed by atoms with Crippen LogP contribution in [0.2, 0.25) is 0 Å². The summed E-state index contributed by atoms with van der Waals surface area (Å²) in [6.45, 7) is 2.72. The van der Waals surface area contributed by atoms with Gasteiger partial charge in [-0.15, -0.1) is 0 Å². The van der Waals surface area contributed by atoms with Crippen LogP contribution in [0.5, 0.6) is 0 Å². The van der Waals surface area contributed by atoms with Gasteiger partial charge in [-0.1, -0.05) is 18.2 Å². The standard InChI is InChI=1S/C22H20F2N4O/c23-17-6-7-21(20(24)13-17)26-18-12-16(14-25-15-18)22(29)28-10-8-27(9-11-28)19-4-2-1-3-5-19/h1-7,12-15,26H,8-11H2. The number of hydrogen-bond donors (Lipinski definition) is 1. The van der Waals surface area contributed by atoms with Crippen LogP contribution >= 0.6 is 0 Å². The third kappa shape index (κ3) is 4.34. The Kier molecular flexibility index (Phi) is 5.37. The first kappa shape index (κ1) is 18.9. The number of pyridine rings is 1. The van der Waals surface area contributed by atoms with E-state index in [-0.39, 0.29) is 11.6 Å².